The number of hydrogen-bond donors (Lipinski definition) is 3. The molecule has 0 aromatic heterocycles. The fourth-order valence-corrected chi connectivity index (χ4v) is 4.00. The van der Waals surface area contributed by atoms with Gasteiger partial charge in [-0.2, -0.15) is 0 Å². The molecular formula is C24H33N4O3+. The fourth-order valence-electron chi connectivity index (χ4n) is 4.00. The van der Waals surface area contributed by atoms with E-state index in [0.29, 0.717) is 32.5 Å². The Morgan fingerprint density at radius 3 is 2.35 bits per heavy atom. The van der Waals surface area contributed by atoms with Crippen LogP contribution in [-0.4, -0.2) is 57.7 Å². The van der Waals surface area contributed by atoms with Crippen LogP contribution in [0.25, 0.3) is 0 Å². The van der Waals surface area contributed by atoms with Crippen LogP contribution in [0.15, 0.2) is 54.6 Å². The number of benzene rings is 2. The third kappa shape index (κ3) is 5.98. The molecule has 1 aliphatic heterocycles. The van der Waals surface area contributed by atoms with Gasteiger partial charge in [-0.25, -0.2) is 4.79 Å². The first-order valence-electron chi connectivity index (χ1n) is 10.8. The fraction of sp³-hybridized carbons (Fsp3) is 0.417. The van der Waals surface area contributed by atoms with E-state index < -0.39 is 0 Å². The summed E-state index contributed by atoms with van der Waals surface area (Å²) in [5.74, 6) is 0.821. The number of amides is 3. The van der Waals surface area contributed by atoms with E-state index in [0.717, 1.165) is 17.0 Å². The molecule has 0 unspecified atom stereocenters. The molecule has 166 valence electrons. The van der Waals surface area contributed by atoms with Crippen molar-refractivity contribution in [2.75, 3.05) is 46.2 Å². The van der Waals surface area contributed by atoms with Gasteiger partial charge in [-0.15, -0.1) is 0 Å². The summed E-state index contributed by atoms with van der Waals surface area (Å²) in [7, 11) is 5.82. The number of para-hydroxylation sites is 2. The lowest BCUT2D eigenvalue weighted by atomic mass is 9.95. The normalized spacial score (nSPS) is 15.4. The summed E-state index contributed by atoms with van der Waals surface area (Å²) in [6.45, 7) is 1.69. The van der Waals surface area contributed by atoms with E-state index >= 15 is 0 Å². The summed E-state index contributed by atoms with van der Waals surface area (Å²) in [6, 6.07) is 17.3. The lowest BCUT2D eigenvalue weighted by Gasteiger charge is -2.32. The van der Waals surface area contributed by atoms with Gasteiger partial charge < -0.3 is 25.2 Å². The molecular weight excluding hydrogens is 392 g/mol. The van der Waals surface area contributed by atoms with Gasteiger partial charge in [0.1, 0.15) is 11.8 Å². The Balaban J connectivity index is 1.50. The molecule has 0 spiro atoms. The summed E-state index contributed by atoms with van der Waals surface area (Å²) in [5, 5.41) is 6.04. The summed E-state index contributed by atoms with van der Waals surface area (Å²) in [4.78, 5) is 28.3. The van der Waals surface area contributed by atoms with Crippen LogP contribution >= 0.6 is 0 Å². The Morgan fingerprint density at radius 2 is 1.71 bits per heavy atom. The van der Waals surface area contributed by atoms with Gasteiger partial charge >= 0.3 is 6.03 Å². The molecule has 7 nitrogen and oxygen atoms in total. The Kier molecular flexibility index (Phi) is 7.89. The summed E-state index contributed by atoms with van der Waals surface area (Å²) in [6.07, 6.45) is 1.34. The summed E-state index contributed by atoms with van der Waals surface area (Å²) >= 11 is 0. The number of quaternary nitrogens is 1. The maximum absolute atomic E-state index is 12.8. The highest BCUT2D eigenvalue weighted by atomic mass is 16.5. The molecule has 0 bridgehead atoms. The molecule has 3 amide bonds. The van der Waals surface area contributed by atoms with Crippen molar-refractivity contribution < 1.29 is 19.2 Å². The molecule has 1 atom stereocenters. The van der Waals surface area contributed by atoms with Gasteiger partial charge in [0, 0.05) is 24.7 Å². The maximum atomic E-state index is 12.8. The Labute approximate surface area is 184 Å². The van der Waals surface area contributed by atoms with E-state index in [1.54, 1.807) is 12.0 Å². The van der Waals surface area contributed by atoms with E-state index in [4.69, 9.17) is 4.74 Å². The van der Waals surface area contributed by atoms with Gasteiger partial charge in [0.15, 0.2) is 0 Å². The number of piperidine rings is 1. The Bertz CT molecular complexity index is 864. The topological polar surface area (TPSA) is 75.1 Å². The van der Waals surface area contributed by atoms with Crippen LogP contribution < -0.4 is 20.3 Å². The van der Waals surface area contributed by atoms with Crippen LogP contribution in [0.4, 0.5) is 10.5 Å². The van der Waals surface area contributed by atoms with E-state index in [-0.39, 0.29) is 23.9 Å². The van der Waals surface area contributed by atoms with Crippen molar-refractivity contribution in [3.63, 3.8) is 0 Å². The number of carbonyl (C=O) groups is 2. The van der Waals surface area contributed by atoms with Crippen LogP contribution in [0.5, 0.6) is 5.75 Å². The zero-order valence-corrected chi connectivity index (χ0v) is 18.6. The minimum absolute atomic E-state index is 0.0595. The van der Waals surface area contributed by atoms with Gasteiger partial charge in [-0.05, 0) is 37.1 Å². The van der Waals surface area contributed by atoms with Crippen molar-refractivity contribution >= 4 is 17.6 Å². The first-order chi connectivity index (χ1) is 15.0. The van der Waals surface area contributed by atoms with Crippen LogP contribution in [0.2, 0.25) is 0 Å². The second-order valence-electron chi connectivity index (χ2n) is 8.17. The number of anilines is 1. The molecule has 0 radical (unpaired) electrons. The summed E-state index contributed by atoms with van der Waals surface area (Å²) < 4.78 is 5.51. The highest BCUT2D eigenvalue weighted by Crippen LogP contribution is 2.23. The van der Waals surface area contributed by atoms with Crippen molar-refractivity contribution in [3.8, 4) is 5.75 Å². The van der Waals surface area contributed by atoms with Crippen molar-refractivity contribution in [1.29, 1.82) is 0 Å². The SMILES string of the molecule is COc1ccccc1[C@@H](CNC(=O)C1CCN(C(=O)Nc2ccccc2)CC1)[NH+](C)C. The van der Waals surface area contributed by atoms with E-state index in [1.165, 1.54) is 4.90 Å². The number of hydrogen-bond acceptors (Lipinski definition) is 3. The van der Waals surface area contributed by atoms with Gasteiger partial charge in [0.2, 0.25) is 5.91 Å². The van der Waals surface area contributed by atoms with Crippen molar-refractivity contribution in [2.45, 2.75) is 18.9 Å². The number of likely N-dealkylation sites (tertiary alicyclic amines) is 1. The molecule has 31 heavy (non-hydrogen) atoms. The average molecular weight is 426 g/mol. The van der Waals surface area contributed by atoms with Gasteiger partial charge in [-0.1, -0.05) is 30.3 Å². The number of likely N-dealkylation sites (N-methyl/N-ethyl adjacent to an activating group) is 1. The number of methoxy groups -OCH3 is 1. The number of nitrogens with zero attached hydrogens (tertiary/aromatic N) is 1. The molecule has 2 aromatic carbocycles. The number of nitrogens with one attached hydrogen (secondary N) is 3. The zero-order chi connectivity index (χ0) is 22.2. The molecule has 1 fully saturated rings. The average Bonchev–Trinajstić information content (AvgIpc) is 2.80. The molecule has 7 heteroatoms. The summed E-state index contributed by atoms with van der Waals surface area (Å²) in [5.41, 5.74) is 1.86. The van der Waals surface area contributed by atoms with E-state index in [1.807, 2.05) is 54.6 Å². The number of rotatable bonds is 7. The monoisotopic (exact) mass is 425 g/mol. The smallest absolute Gasteiger partial charge is 0.321 e. The van der Waals surface area contributed by atoms with Crippen LogP contribution in [-0.2, 0) is 4.79 Å². The molecule has 1 aliphatic rings. The number of ether oxygens (including phenoxy) is 1. The van der Waals surface area contributed by atoms with Gasteiger partial charge in [-0.3, -0.25) is 4.79 Å². The predicted octanol–water partition coefficient (Wildman–Crippen LogP) is 1.94. The standard InChI is InChI=1S/C24H32N4O3/c1-27(2)21(20-11-7-8-12-22(20)31-3)17-25-23(29)18-13-15-28(16-14-18)24(30)26-19-9-5-4-6-10-19/h4-12,18,21H,13-17H2,1-3H3,(H,25,29)(H,26,30)/p+1/t21-/m1/s1. The molecule has 2 aromatic rings. The maximum Gasteiger partial charge on any atom is 0.321 e. The highest BCUT2D eigenvalue weighted by Gasteiger charge is 2.29. The molecule has 3 rings (SSSR count). The quantitative estimate of drug-likeness (QED) is 0.635. The number of urea groups is 1. The largest absolute Gasteiger partial charge is 0.496 e. The lowest BCUT2D eigenvalue weighted by molar-refractivity contribution is -0.890. The predicted molar refractivity (Wildman–Crippen MR) is 121 cm³/mol. The van der Waals surface area contributed by atoms with Crippen molar-refractivity contribution in [3.05, 3.63) is 60.2 Å². The van der Waals surface area contributed by atoms with E-state index in [2.05, 4.69) is 24.7 Å². The van der Waals surface area contributed by atoms with E-state index in [9.17, 15) is 9.59 Å². The van der Waals surface area contributed by atoms with Crippen LogP contribution in [0.3, 0.4) is 0 Å². The highest BCUT2D eigenvalue weighted by molar-refractivity contribution is 5.89. The lowest BCUT2D eigenvalue weighted by Crippen LogP contribution is -3.07. The first kappa shape index (κ1) is 22.6. The molecule has 0 aliphatic carbocycles. The molecule has 3 N–H and O–H groups in total. The molecule has 0 saturated carbocycles. The Hall–Kier alpha value is -3.06. The van der Waals surface area contributed by atoms with Crippen LogP contribution in [0, 0.1) is 5.92 Å². The van der Waals surface area contributed by atoms with Gasteiger partial charge in [0.25, 0.3) is 0 Å². The second-order valence-corrected chi connectivity index (χ2v) is 8.17. The van der Waals surface area contributed by atoms with Gasteiger partial charge in [0.05, 0.1) is 33.3 Å². The molecule has 1 heterocycles. The number of carbonyl (C=O) groups excluding carboxylic acids is 2. The second kappa shape index (κ2) is 10.8. The Morgan fingerprint density at radius 1 is 1.06 bits per heavy atom. The minimum atomic E-state index is -0.113. The third-order valence-corrected chi connectivity index (χ3v) is 5.87. The zero-order valence-electron chi connectivity index (χ0n) is 18.6. The third-order valence-electron chi connectivity index (χ3n) is 5.87. The minimum Gasteiger partial charge on any atom is -0.496 e. The van der Waals surface area contributed by atoms with Crippen LogP contribution in [0.1, 0.15) is 24.4 Å². The van der Waals surface area contributed by atoms with Crippen molar-refractivity contribution in [2.24, 2.45) is 5.92 Å². The molecule has 1 saturated heterocycles. The van der Waals surface area contributed by atoms with Crippen molar-refractivity contribution in [1.82, 2.24) is 10.2 Å². The first-order valence-corrected chi connectivity index (χ1v) is 10.8.